The number of halogens is 1. The van der Waals surface area contributed by atoms with E-state index in [0.29, 0.717) is 29.4 Å². The number of aliphatic carboxylic acids is 1. The van der Waals surface area contributed by atoms with E-state index in [1.807, 2.05) is 71.6 Å². The Hall–Kier alpha value is -4.09. The molecule has 0 bridgehead atoms. The average Bonchev–Trinajstić information content (AvgIpc) is 2.93. The number of nitrogens with zero attached hydrogens (tertiary/aromatic N) is 1. The molecule has 5 nitrogen and oxygen atoms in total. The quantitative estimate of drug-likeness (QED) is 0.230. The largest absolute Gasteiger partial charge is 0.496 e. The summed E-state index contributed by atoms with van der Waals surface area (Å²) in [5, 5.41) is 9.75. The molecule has 0 saturated carbocycles. The number of carbonyl (C=O) groups excluding carboxylic acids is 1. The minimum absolute atomic E-state index is 0.0386. The van der Waals surface area contributed by atoms with Crippen molar-refractivity contribution >= 4 is 23.5 Å². The standard InChI is InChI=1S/C32H30ClNO4/c1-38-30-18-17-27(33)21-29(30)32(37)34(19-7-10-23-8-3-2-4-9-23)22-24-13-15-25(16-14-24)28-12-6-5-11-26(28)20-31(35)36/h2-6,8-9,11-18,21H,7,10,19-20,22H2,1H3,(H,35,36). The van der Waals surface area contributed by atoms with Gasteiger partial charge in [-0.3, -0.25) is 9.59 Å². The molecule has 0 heterocycles. The van der Waals surface area contributed by atoms with E-state index >= 15 is 0 Å². The van der Waals surface area contributed by atoms with Crippen molar-refractivity contribution in [3.05, 3.63) is 124 Å². The van der Waals surface area contributed by atoms with Crippen molar-refractivity contribution in [3.63, 3.8) is 0 Å². The van der Waals surface area contributed by atoms with Gasteiger partial charge in [0.15, 0.2) is 0 Å². The fraction of sp³-hybridized carbons (Fsp3) is 0.188. The van der Waals surface area contributed by atoms with E-state index in [-0.39, 0.29) is 12.3 Å². The van der Waals surface area contributed by atoms with Gasteiger partial charge in [0.2, 0.25) is 0 Å². The molecule has 38 heavy (non-hydrogen) atoms. The minimum atomic E-state index is -0.866. The number of hydrogen-bond acceptors (Lipinski definition) is 3. The van der Waals surface area contributed by atoms with Crippen LogP contribution in [0.2, 0.25) is 5.02 Å². The van der Waals surface area contributed by atoms with E-state index in [2.05, 4.69) is 12.1 Å². The summed E-state index contributed by atoms with van der Waals surface area (Å²) in [5.74, 6) is -0.527. The molecule has 6 heteroatoms. The first kappa shape index (κ1) is 27.0. The van der Waals surface area contributed by atoms with Gasteiger partial charge in [-0.15, -0.1) is 0 Å². The summed E-state index contributed by atoms with van der Waals surface area (Å²) in [6, 6.07) is 30.7. The van der Waals surface area contributed by atoms with Crippen molar-refractivity contribution in [1.29, 1.82) is 0 Å². The van der Waals surface area contributed by atoms with Crippen molar-refractivity contribution in [2.45, 2.75) is 25.8 Å². The van der Waals surface area contributed by atoms with Crippen LogP contribution in [0.25, 0.3) is 11.1 Å². The van der Waals surface area contributed by atoms with E-state index in [9.17, 15) is 14.7 Å². The molecule has 1 N–H and O–H groups in total. The highest BCUT2D eigenvalue weighted by atomic mass is 35.5. The van der Waals surface area contributed by atoms with Crippen LogP contribution in [0.15, 0.2) is 97.1 Å². The normalized spacial score (nSPS) is 10.7. The van der Waals surface area contributed by atoms with E-state index in [1.165, 1.54) is 5.56 Å². The molecule has 0 aliphatic carbocycles. The molecule has 0 aliphatic rings. The summed E-state index contributed by atoms with van der Waals surface area (Å²) in [6.45, 7) is 0.979. The van der Waals surface area contributed by atoms with Crippen LogP contribution in [0.1, 0.15) is 33.5 Å². The topological polar surface area (TPSA) is 66.8 Å². The van der Waals surface area contributed by atoms with Crippen LogP contribution in [0.5, 0.6) is 5.75 Å². The Balaban J connectivity index is 1.56. The maximum Gasteiger partial charge on any atom is 0.307 e. The second-order valence-electron chi connectivity index (χ2n) is 9.09. The number of aryl methyl sites for hydroxylation is 1. The summed E-state index contributed by atoms with van der Waals surface area (Å²) in [5.41, 5.74) is 5.21. The number of rotatable bonds is 11. The van der Waals surface area contributed by atoms with Crippen LogP contribution >= 0.6 is 11.6 Å². The zero-order chi connectivity index (χ0) is 26.9. The van der Waals surface area contributed by atoms with Crippen molar-refractivity contribution in [2.75, 3.05) is 13.7 Å². The van der Waals surface area contributed by atoms with Gasteiger partial charge in [0.1, 0.15) is 5.75 Å². The number of amides is 1. The molecular weight excluding hydrogens is 498 g/mol. The molecule has 4 rings (SSSR count). The highest BCUT2D eigenvalue weighted by Gasteiger charge is 2.21. The maximum atomic E-state index is 13.7. The predicted octanol–water partition coefficient (Wildman–Crippen LogP) is 6.92. The van der Waals surface area contributed by atoms with E-state index in [4.69, 9.17) is 16.3 Å². The average molecular weight is 528 g/mol. The summed E-state index contributed by atoms with van der Waals surface area (Å²) in [4.78, 5) is 26.8. The molecule has 1 amide bonds. The van der Waals surface area contributed by atoms with Gasteiger partial charge in [0.05, 0.1) is 19.1 Å². The van der Waals surface area contributed by atoms with E-state index in [1.54, 1.807) is 25.3 Å². The molecule has 0 fully saturated rings. The van der Waals surface area contributed by atoms with E-state index in [0.717, 1.165) is 35.1 Å². The van der Waals surface area contributed by atoms with Gasteiger partial charge >= 0.3 is 5.97 Å². The third-order valence-electron chi connectivity index (χ3n) is 6.41. The summed E-state index contributed by atoms with van der Waals surface area (Å²) in [7, 11) is 1.54. The Kier molecular flexibility index (Phi) is 9.17. The summed E-state index contributed by atoms with van der Waals surface area (Å²) >= 11 is 6.22. The number of ether oxygens (including phenoxy) is 1. The third-order valence-corrected chi connectivity index (χ3v) is 6.65. The van der Waals surface area contributed by atoms with Crippen LogP contribution in [-0.4, -0.2) is 35.5 Å². The lowest BCUT2D eigenvalue weighted by Gasteiger charge is -2.24. The highest BCUT2D eigenvalue weighted by molar-refractivity contribution is 6.31. The van der Waals surface area contributed by atoms with Gasteiger partial charge in [-0.1, -0.05) is 90.5 Å². The first-order chi connectivity index (χ1) is 18.4. The van der Waals surface area contributed by atoms with Gasteiger partial charge in [0, 0.05) is 18.1 Å². The smallest absolute Gasteiger partial charge is 0.307 e. The molecule has 0 atom stereocenters. The number of methoxy groups -OCH3 is 1. The first-order valence-corrected chi connectivity index (χ1v) is 12.9. The number of hydrogen-bond donors (Lipinski definition) is 1. The fourth-order valence-electron chi connectivity index (χ4n) is 4.52. The van der Waals surface area contributed by atoms with Gasteiger partial charge in [-0.2, -0.15) is 0 Å². The molecule has 0 spiro atoms. The lowest BCUT2D eigenvalue weighted by molar-refractivity contribution is -0.136. The maximum absolute atomic E-state index is 13.7. The number of carboxylic acids is 1. The van der Waals surface area contributed by atoms with Gasteiger partial charge in [-0.25, -0.2) is 0 Å². The Bertz CT molecular complexity index is 1390. The van der Waals surface area contributed by atoms with Gasteiger partial charge < -0.3 is 14.7 Å². The molecule has 0 saturated heterocycles. The first-order valence-electron chi connectivity index (χ1n) is 12.5. The van der Waals surface area contributed by atoms with Crippen molar-refractivity contribution in [1.82, 2.24) is 4.90 Å². The highest BCUT2D eigenvalue weighted by Crippen LogP contribution is 2.27. The van der Waals surface area contributed by atoms with E-state index < -0.39 is 5.97 Å². The molecule has 4 aromatic carbocycles. The number of carboxylic acid groups (broad SMARTS) is 1. The number of carbonyl (C=O) groups is 2. The Morgan fingerprint density at radius 2 is 1.58 bits per heavy atom. The predicted molar refractivity (Wildman–Crippen MR) is 151 cm³/mol. The molecule has 0 aromatic heterocycles. The third kappa shape index (κ3) is 7.02. The van der Waals surface area contributed by atoms with Crippen LogP contribution in [0.4, 0.5) is 0 Å². The zero-order valence-electron chi connectivity index (χ0n) is 21.3. The lowest BCUT2D eigenvalue weighted by atomic mass is 9.97. The molecule has 0 radical (unpaired) electrons. The monoisotopic (exact) mass is 527 g/mol. The van der Waals surface area contributed by atoms with Crippen LogP contribution in [0.3, 0.4) is 0 Å². The zero-order valence-corrected chi connectivity index (χ0v) is 22.0. The molecular formula is C32H30ClNO4. The Labute approximate surface area is 228 Å². The van der Waals surface area contributed by atoms with Gasteiger partial charge in [-0.05, 0) is 58.9 Å². The fourth-order valence-corrected chi connectivity index (χ4v) is 4.69. The van der Waals surface area contributed by atoms with Crippen molar-refractivity contribution < 1.29 is 19.4 Å². The van der Waals surface area contributed by atoms with Gasteiger partial charge in [0.25, 0.3) is 5.91 Å². The Morgan fingerprint density at radius 3 is 2.29 bits per heavy atom. The SMILES string of the molecule is COc1ccc(Cl)cc1C(=O)N(CCCc1ccccc1)Cc1ccc(-c2ccccc2CC(=O)O)cc1. The summed E-state index contributed by atoms with van der Waals surface area (Å²) in [6.07, 6.45) is 1.62. The Morgan fingerprint density at radius 1 is 0.868 bits per heavy atom. The van der Waals surface area contributed by atoms with Crippen LogP contribution < -0.4 is 4.74 Å². The molecule has 0 unspecified atom stereocenters. The molecule has 4 aromatic rings. The van der Waals surface area contributed by atoms with Crippen molar-refractivity contribution in [2.24, 2.45) is 0 Å². The second kappa shape index (κ2) is 12.9. The molecule has 0 aliphatic heterocycles. The second-order valence-corrected chi connectivity index (χ2v) is 9.52. The summed E-state index contributed by atoms with van der Waals surface area (Å²) < 4.78 is 5.45. The minimum Gasteiger partial charge on any atom is -0.496 e. The van der Waals surface area contributed by atoms with Crippen LogP contribution in [0, 0.1) is 0 Å². The van der Waals surface area contributed by atoms with Crippen molar-refractivity contribution in [3.8, 4) is 16.9 Å². The lowest BCUT2D eigenvalue weighted by Crippen LogP contribution is -2.32. The molecule has 194 valence electrons. The number of benzene rings is 4. The van der Waals surface area contributed by atoms with Crippen LogP contribution in [-0.2, 0) is 24.2 Å².